The normalized spacial score (nSPS) is 11.7. The van der Waals surface area contributed by atoms with Gasteiger partial charge in [-0.2, -0.15) is 18.2 Å². The smallest absolute Gasteiger partial charge is 0.302 e. The molecule has 8 heteroatoms. The monoisotopic (exact) mass is 290 g/mol. The molecule has 0 saturated carbocycles. The van der Waals surface area contributed by atoms with Gasteiger partial charge >= 0.3 is 11.9 Å². The maximum atomic E-state index is 13.8. The van der Waals surface area contributed by atoms with Crippen LogP contribution in [0.2, 0.25) is 0 Å². The maximum Gasteiger partial charge on any atom is 0.431 e. The Balaban J connectivity index is 2.75. The van der Waals surface area contributed by atoms with Crippen LogP contribution in [0.1, 0.15) is 11.3 Å². The molecule has 0 aliphatic heterocycles. The lowest BCUT2D eigenvalue weighted by molar-refractivity contribution is -0.141. The molecule has 2 rings (SSSR count). The van der Waals surface area contributed by atoms with E-state index < -0.39 is 40.5 Å². The van der Waals surface area contributed by atoms with Crippen molar-refractivity contribution in [3.8, 4) is 11.3 Å². The number of aromatic amines is 1. The third-order valence-electron chi connectivity index (χ3n) is 2.59. The van der Waals surface area contributed by atoms with Crippen molar-refractivity contribution in [2.75, 3.05) is 0 Å². The van der Waals surface area contributed by atoms with Crippen LogP contribution in [0.3, 0.4) is 0 Å². The summed E-state index contributed by atoms with van der Waals surface area (Å²) >= 11 is 0. The van der Waals surface area contributed by atoms with E-state index in [1.165, 1.54) is 11.9 Å². The lowest BCUT2D eigenvalue weighted by Crippen LogP contribution is -2.19. The number of H-pyrrole nitrogens is 1. The fourth-order valence-electron chi connectivity index (χ4n) is 1.63. The molecule has 1 aromatic heterocycles. The van der Waals surface area contributed by atoms with E-state index in [9.17, 15) is 26.7 Å². The minimum absolute atomic E-state index is 0.0250. The number of hydrogen-bond acceptors (Lipinski definition) is 2. The highest BCUT2D eigenvalue weighted by Gasteiger charge is 2.33. The topological polar surface area (TPSA) is 45.8 Å². The third-order valence-corrected chi connectivity index (χ3v) is 2.59. The number of alkyl halides is 3. The van der Waals surface area contributed by atoms with Crippen molar-refractivity contribution >= 4 is 0 Å². The second-order valence-electron chi connectivity index (χ2n) is 4.04. The van der Waals surface area contributed by atoms with E-state index in [4.69, 9.17) is 0 Å². The van der Waals surface area contributed by atoms with E-state index in [2.05, 4.69) is 4.98 Å². The Morgan fingerprint density at radius 2 is 1.85 bits per heavy atom. The Morgan fingerprint density at radius 3 is 2.45 bits per heavy atom. The molecule has 0 atom stereocenters. The number of benzene rings is 1. The standard InChI is InChI=1S/C12H7F5N2O/c1-5-2-3-6(13)9(10(5)14)7-4-8(12(15,16)17)19-11(20)18-7/h2-4H,1H3,(H,18,19,20). The van der Waals surface area contributed by atoms with Gasteiger partial charge in [-0.15, -0.1) is 0 Å². The van der Waals surface area contributed by atoms with E-state index in [1.807, 2.05) is 0 Å². The predicted octanol–water partition coefficient (Wildman–Crippen LogP) is 3.04. The van der Waals surface area contributed by atoms with E-state index >= 15 is 0 Å². The highest BCUT2D eigenvalue weighted by Crippen LogP contribution is 2.31. The molecule has 0 fully saturated rings. The quantitative estimate of drug-likeness (QED) is 0.820. The minimum atomic E-state index is -4.85. The molecule has 0 aliphatic rings. The Hall–Kier alpha value is -2.25. The van der Waals surface area contributed by atoms with Gasteiger partial charge in [0.2, 0.25) is 0 Å². The summed E-state index contributed by atoms with van der Waals surface area (Å²) in [7, 11) is 0. The van der Waals surface area contributed by atoms with Crippen LogP contribution in [0.5, 0.6) is 0 Å². The Labute approximate surface area is 109 Å². The summed E-state index contributed by atoms with van der Waals surface area (Å²) in [5.41, 5.74) is -4.21. The Kier molecular flexibility index (Phi) is 3.33. The number of aromatic nitrogens is 2. The highest BCUT2D eigenvalue weighted by atomic mass is 19.4. The van der Waals surface area contributed by atoms with Gasteiger partial charge in [-0.25, -0.2) is 13.6 Å². The van der Waals surface area contributed by atoms with Gasteiger partial charge in [0.1, 0.15) is 17.3 Å². The van der Waals surface area contributed by atoms with Crippen LogP contribution in [0.4, 0.5) is 22.0 Å². The zero-order valence-corrected chi connectivity index (χ0v) is 9.98. The number of aryl methyl sites for hydroxylation is 1. The summed E-state index contributed by atoms with van der Waals surface area (Å²) in [6, 6.07) is 2.41. The van der Waals surface area contributed by atoms with Crippen molar-refractivity contribution in [1.82, 2.24) is 9.97 Å². The lowest BCUT2D eigenvalue weighted by atomic mass is 10.1. The molecule has 0 unspecified atom stereocenters. The summed E-state index contributed by atoms with van der Waals surface area (Å²) in [4.78, 5) is 15.8. The molecule has 0 saturated heterocycles. The molecule has 20 heavy (non-hydrogen) atoms. The molecule has 0 spiro atoms. The van der Waals surface area contributed by atoms with Crippen LogP contribution in [-0.4, -0.2) is 9.97 Å². The van der Waals surface area contributed by atoms with Crippen LogP contribution in [0.15, 0.2) is 23.0 Å². The molecular weight excluding hydrogens is 283 g/mol. The van der Waals surface area contributed by atoms with Crippen molar-refractivity contribution in [2.45, 2.75) is 13.1 Å². The van der Waals surface area contributed by atoms with Crippen LogP contribution >= 0.6 is 0 Å². The van der Waals surface area contributed by atoms with E-state index in [0.29, 0.717) is 6.07 Å². The second-order valence-corrected chi connectivity index (χ2v) is 4.04. The largest absolute Gasteiger partial charge is 0.431 e. The van der Waals surface area contributed by atoms with E-state index in [1.54, 1.807) is 0 Å². The summed E-state index contributed by atoms with van der Waals surface area (Å²) in [6.07, 6.45) is -4.85. The lowest BCUT2D eigenvalue weighted by Gasteiger charge is -2.10. The molecule has 2 aromatic rings. The van der Waals surface area contributed by atoms with Crippen molar-refractivity contribution in [2.24, 2.45) is 0 Å². The highest BCUT2D eigenvalue weighted by molar-refractivity contribution is 5.62. The molecule has 106 valence electrons. The summed E-state index contributed by atoms with van der Waals surface area (Å²) < 4.78 is 65.1. The molecule has 1 aromatic carbocycles. The molecular formula is C12H7F5N2O. The Morgan fingerprint density at radius 1 is 1.20 bits per heavy atom. The third kappa shape index (κ3) is 2.54. The first-order chi connectivity index (χ1) is 9.20. The van der Waals surface area contributed by atoms with Crippen molar-refractivity contribution in [1.29, 1.82) is 0 Å². The van der Waals surface area contributed by atoms with Gasteiger partial charge in [-0.1, -0.05) is 6.07 Å². The number of hydrogen-bond donors (Lipinski definition) is 1. The molecule has 1 heterocycles. The van der Waals surface area contributed by atoms with E-state index in [-0.39, 0.29) is 5.56 Å². The van der Waals surface area contributed by atoms with Gasteiger partial charge in [0.15, 0.2) is 0 Å². The predicted molar refractivity (Wildman–Crippen MR) is 59.9 cm³/mol. The first-order valence-corrected chi connectivity index (χ1v) is 5.33. The van der Waals surface area contributed by atoms with Gasteiger partial charge in [0.05, 0.1) is 11.3 Å². The fourth-order valence-corrected chi connectivity index (χ4v) is 1.63. The molecule has 0 radical (unpaired) electrons. The van der Waals surface area contributed by atoms with Crippen LogP contribution in [-0.2, 0) is 6.18 Å². The SMILES string of the molecule is Cc1ccc(F)c(-c2cc(C(F)(F)F)[nH]c(=O)n2)c1F. The number of nitrogens with zero attached hydrogens (tertiary/aromatic N) is 1. The molecule has 0 aliphatic carbocycles. The van der Waals surface area contributed by atoms with E-state index in [0.717, 1.165) is 12.1 Å². The number of rotatable bonds is 1. The van der Waals surface area contributed by atoms with Gasteiger partial charge in [0.25, 0.3) is 0 Å². The first kappa shape index (κ1) is 14.2. The molecule has 1 N–H and O–H groups in total. The molecule has 0 bridgehead atoms. The van der Waals surface area contributed by atoms with Crippen molar-refractivity contribution in [3.63, 3.8) is 0 Å². The summed E-state index contributed by atoms with van der Waals surface area (Å²) in [5.74, 6) is -2.16. The fraction of sp³-hybridized carbons (Fsp3) is 0.167. The number of halogens is 5. The molecule has 3 nitrogen and oxygen atoms in total. The van der Waals surface area contributed by atoms with Gasteiger partial charge in [-0.3, -0.25) is 0 Å². The van der Waals surface area contributed by atoms with Gasteiger partial charge in [-0.05, 0) is 24.6 Å². The summed E-state index contributed by atoms with van der Waals surface area (Å²) in [6.45, 7) is 1.32. The average Bonchev–Trinajstić information content (AvgIpc) is 2.33. The van der Waals surface area contributed by atoms with Crippen LogP contribution in [0, 0.1) is 18.6 Å². The second kappa shape index (κ2) is 4.69. The van der Waals surface area contributed by atoms with Gasteiger partial charge < -0.3 is 4.98 Å². The van der Waals surface area contributed by atoms with Crippen molar-refractivity contribution in [3.05, 3.63) is 51.6 Å². The summed E-state index contributed by atoms with van der Waals surface area (Å²) in [5, 5.41) is 0. The maximum absolute atomic E-state index is 13.8. The Bertz CT molecular complexity index is 721. The van der Waals surface area contributed by atoms with Crippen LogP contribution < -0.4 is 5.69 Å². The molecule has 0 amide bonds. The minimum Gasteiger partial charge on any atom is -0.302 e. The zero-order chi connectivity index (χ0) is 15.1. The number of nitrogens with one attached hydrogen (secondary N) is 1. The average molecular weight is 290 g/mol. The first-order valence-electron chi connectivity index (χ1n) is 5.33. The zero-order valence-electron chi connectivity index (χ0n) is 9.98. The van der Waals surface area contributed by atoms with Crippen LogP contribution in [0.25, 0.3) is 11.3 Å². The van der Waals surface area contributed by atoms with Gasteiger partial charge in [0, 0.05) is 0 Å². The van der Waals surface area contributed by atoms with Crippen molar-refractivity contribution < 1.29 is 22.0 Å².